The van der Waals surface area contributed by atoms with Gasteiger partial charge in [0, 0.05) is 11.6 Å². The number of H-pyrrole nitrogens is 1. The van der Waals surface area contributed by atoms with Gasteiger partial charge in [-0.05, 0) is 42.0 Å². The van der Waals surface area contributed by atoms with Crippen LogP contribution in [-0.2, 0) is 0 Å². The molecule has 156 valence electrons. The number of rotatable bonds is 4. The number of nitrogens with zero attached hydrogens (tertiary/aromatic N) is 2. The molecule has 4 aromatic carbocycles. The molecule has 0 unspecified atom stereocenters. The highest BCUT2D eigenvalue weighted by Gasteiger charge is 2.17. The maximum absolute atomic E-state index is 10.4. The van der Waals surface area contributed by atoms with E-state index in [1.54, 1.807) is 23.6 Å². The second-order valence-electron chi connectivity index (χ2n) is 7.44. The molecule has 0 bridgehead atoms. The molecule has 0 saturated heterocycles. The molecule has 1 aromatic heterocycles. The fourth-order valence-electron chi connectivity index (χ4n) is 3.48. The molecule has 0 aliphatic heterocycles. The van der Waals surface area contributed by atoms with Crippen molar-refractivity contribution >= 4 is 50.1 Å². The number of hydrogen-bond acceptors (Lipinski definition) is 4. The largest absolute Gasteiger partial charge is 0.507 e. The predicted molar refractivity (Wildman–Crippen MR) is 132 cm³/mol. The molecule has 3 N–H and O–H groups in total. The number of thiazole rings is 1. The van der Waals surface area contributed by atoms with Crippen LogP contribution in [0.15, 0.2) is 95.0 Å². The van der Waals surface area contributed by atoms with Crippen molar-refractivity contribution in [3.63, 3.8) is 0 Å². The summed E-state index contributed by atoms with van der Waals surface area (Å²) in [5.41, 5.74) is 6.79. The first-order chi connectivity index (χ1) is 15.7. The number of nitrogens with one attached hydrogen (secondary N) is 2. The summed E-state index contributed by atoms with van der Waals surface area (Å²) in [4.78, 5) is 8.21. The molecule has 5 aromatic rings. The van der Waals surface area contributed by atoms with E-state index in [0.717, 1.165) is 31.7 Å². The normalized spacial score (nSPS) is 12.1. The van der Waals surface area contributed by atoms with Gasteiger partial charge in [-0.2, -0.15) is 10.1 Å². The van der Waals surface area contributed by atoms with Crippen LogP contribution in [0, 0.1) is 6.92 Å². The van der Waals surface area contributed by atoms with Gasteiger partial charge in [0.2, 0.25) is 11.4 Å². The Morgan fingerprint density at radius 3 is 2.56 bits per heavy atom. The minimum absolute atomic E-state index is 0.180. The molecule has 0 atom stereocenters. The van der Waals surface area contributed by atoms with E-state index in [1.807, 2.05) is 79.7 Å². The maximum atomic E-state index is 10.4. The number of aliphatic imine (C=N–C) groups is 1. The van der Waals surface area contributed by atoms with Crippen molar-refractivity contribution in [3.05, 3.63) is 101 Å². The zero-order chi connectivity index (χ0) is 21.9. The van der Waals surface area contributed by atoms with E-state index in [9.17, 15) is 5.11 Å². The number of aromatic amines is 1. The minimum atomic E-state index is 0.180. The molecule has 6 heteroatoms. The molecule has 0 radical (unpaired) electrons. The van der Waals surface area contributed by atoms with Gasteiger partial charge in [0.15, 0.2) is 0 Å². The Morgan fingerprint density at radius 1 is 0.938 bits per heavy atom. The number of fused-ring (bicyclic) bond motifs is 2. The number of amidine groups is 1. The summed E-state index contributed by atoms with van der Waals surface area (Å²) in [6.45, 7) is 2.05. The lowest BCUT2D eigenvalue weighted by Crippen LogP contribution is -2.24. The van der Waals surface area contributed by atoms with E-state index in [4.69, 9.17) is 4.99 Å². The fraction of sp³-hybridized carbons (Fsp3) is 0.0385. The van der Waals surface area contributed by atoms with Gasteiger partial charge in [-0.1, -0.05) is 71.5 Å². The molecule has 0 spiro atoms. The third kappa shape index (κ3) is 4.08. The van der Waals surface area contributed by atoms with E-state index in [-0.39, 0.29) is 5.75 Å². The number of aryl methyl sites for hydroxylation is 1. The van der Waals surface area contributed by atoms with Crippen molar-refractivity contribution in [3.8, 4) is 5.75 Å². The Labute approximate surface area is 189 Å². The second kappa shape index (κ2) is 8.61. The summed E-state index contributed by atoms with van der Waals surface area (Å²) in [7, 11) is 0. The van der Waals surface area contributed by atoms with Gasteiger partial charge in [0.05, 0.1) is 11.9 Å². The smallest absolute Gasteiger partial charge is 0.305 e. The van der Waals surface area contributed by atoms with Gasteiger partial charge in [-0.3, -0.25) is 5.43 Å². The third-order valence-electron chi connectivity index (χ3n) is 5.15. The Kier molecular flexibility index (Phi) is 5.35. The van der Waals surface area contributed by atoms with E-state index in [2.05, 4.69) is 21.6 Å². The molecule has 5 rings (SSSR count). The first-order valence-corrected chi connectivity index (χ1v) is 11.1. The number of hydrazone groups is 1. The number of aromatic hydroxyl groups is 1. The predicted octanol–water partition coefficient (Wildman–Crippen LogP) is 5.58. The van der Waals surface area contributed by atoms with Gasteiger partial charge < -0.3 is 5.11 Å². The minimum Gasteiger partial charge on any atom is -0.507 e. The highest BCUT2D eigenvalue weighted by atomic mass is 32.1. The molecule has 1 heterocycles. The van der Waals surface area contributed by atoms with Crippen molar-refractivity contribution < 1.29 is 10.1 Å². The lowest BCUT2D eigenvalue weighted by atomic mass is 10.0. The first kappa shape index (κ1) is 19.9. The van der Waals surface area contributed by atoms with Crippen molar-refractivity contribution in [1.82, 2.24) is 5.43 Å². The zero-order valence-electron chi connectivity index (χ0n) is 17.4. The highest BCUT2D eigenvalue weighted by molar-refractivity contribution is 7.19. The van der Waals surface area contributed by atoms with Gasteiger partial charge >= 0.3 is 5.01 Å². The summed E-state index contributed by atoms with van der Waals surface area (Å²) < 4.78 is 1.14. The van der Waals surface area contributed by atoms with Crippen molar-refractivity contribution in [1.29, 1.82) is 0 Å². The molecule has 0 aliphatic rings. The molecule has 0 saturated carbocycles. The summed E-state index contributed by atoms with van der Waals surface area (Å²) in [5, 5.41) is 17.7. The maximum Gasteiger partial charge on any atom is 0.305 e. The lowest BCUT2D eigenvalue weighted by Gasteiger charge is -2.05. The number of phenolic OH excluding ortho intramolecular Hbond substituents is 1. The number of aromatic nitrogens is 1. The van der Waals surface area contributed by atoms with Crippen molar-refractivity contribution in [2.45, 2.75) is 6.92 Å². The lowest BCUT2D eigenvalue weighted by molar-refractivity contribution is -0.340. The zero-order valence-corrected chi connectivity index (χ0v) is 18.2. The van der Waals surface area contributed by atoms with E-state index >= 15 is 0 Å². The highest BCUT2D eigenvalue weighted by Crippen LogP contribution is 2.25. The van der Waals surface area contributed by atoms with Gasteiger partial charge in [-0.15, -0.1) is 0 Å². The molecule has 0 aliphatic carbocycles. The Balaban J connectivity index is 1.53. The first-order valence-electron chi connectivity index (χ1n) is 10.2. The van der Waals surface area contributed by atoms with Crippen molar-refractivity contribution in [2.24, 2.45) is 10.1 Å². The molecular weight excluding hydrogens is 416 g/mol. The van der Waals surface area contributed by atoms with Gasteiger partial charge in [0.1, 0.15) is 10.4 Å². The summed E-state index contributed by atoms with van der Waals surface area (Å²) in [6.07, 6.45) is 1.63. The quantitative estimate of drug-likeness (QED) is 0.219. The Hall–Kier alpha value is -4.03. The SMILES string of the molecule is Cc1ccc(N=C(N/N=C/c2c(O)ccc3ccccc23)c2[nH+]c3ccccc3s2)cc1. The van der Waals surface area contributed by atoms with Crippen LogP contribution in [0.1, 0.15) is 16.1 Å². The second-order valence-corrected chi connectivity index (χ2v) is 8.49. The summed E-state index contributed by atoms with van der Waals surface area (Å²) >= 11 is 1.61. The number of benzene rings is 4. The topological polar surface area (TPSA) is 71.1 Å². The summed E-state index contributed by atoms with van der Waals surface area (Å²) in [5.74, 6) is 0.783. The fourth-order valence-corrected chi connectivity index (χ4v) is 4.42. The standard InChI is InChI=1S/C26H20N4OS/c1-17-10-13-19(14-11-17)28-25(26-29-22-8-4-5-9-24(22)32-26)30-27-16-21-20-7-3-2-6-18(20)12-15-23(21)31/h2-16,31H,1H3,(H,28,30)/p+1/b27-16+. The van der Waals surface area contributed by atoms with Crippen LogP contribution in [0.4, 0.5) is 5.69 Å². The molecule has 0 amide bonds. The number of hydrogen-bond donors (Lipinski definition) is 2. The monoisotopic (exact) mass is 437 g/mol. The van der Waals surface area contributed by atoms with E-state index in [0.29, 0.717) is 11.4 Å². The Morgan fingerprint density at radius 2 is 1.72 bits per heavy atom. The van der Waals surface area contributed by atoms with Crippen LogP contribution < -0.4 is 10.4 Å². The summed E-state index contributed by atoms with van der Waals surface area (Å²) in [6, 6.07) is 27.6. The molecular formula is C26H21N4OS+. The van der Waals surface area contributed by atoms with Crippen LogP contribution in [0.3, 0.4) is 0 Å². The van der Waals surface area contributed by atoms with E-state index < -0.39 is 0 Å². The average Bonchev–Trinajstić information content (AvgIpc) is 3.25. The van der Waals surface area contributed by atoms with Crippen LogP contribution in [0.5, 0.6) is 5.75 Å². The van der Waals surface area contributed by atoms with Crippen LogP contribution in [0.2, 0.25) is 0 Å². The molecule has 32 heavy (non-hydrogen) atoms. The number of phenols is 1. The number of para-hydroxylation sites is 1. The van der Waals surface area contributed by atoms with E-state index in [1.165, 1.54) is 5.56 Å². The Bertz CT molecular complexity index is 1440. The molecule has 0 fully saturated rings. The van der Waals surface area contributed by atoms with Crippen LogP contribution in [-0.4, -0.2) is 17.2 Å². The van der Waals surface area contributed by atoms with Crippen molar-refractivity contribution in [2.75, 3.05) is 0 Å². The van der Waals surface area contributed by atoms with Gasteiger partial charge in [0.25, 0.3) is 0 Å². The van der Waals surface area contributed by atoms with Crippen LogP contribution >= 0.6 is 11.3 Å². The van der Waals surface area contributed by atoms with Crippen LogP contribution in [0.25, 0.3) is 21.0 Å². The molecule has 5 nitrogen and oxygen atoms in total. The average molecular weight is 438 g/mol. The van der Waals surface area contributed by atoms with Gasteiger partial charge in [-0.25, -0.2) is 4.99 Å². The third-order valence-corrected chi connectivity index (χ3v) is 6.22.